The molecule has 1 fully saturated rings. The number of nitrogens with zero attached hydrogens (tertiary/aromatic N) is 1. The Kier molecular flexibility index (Phi) is 3.23. The Morgan fingerprint density at radius 3 is 1.93 bits per heavy atom. The van der Waals surface area contributed by atoms with E-state index in [0.717, 1.165) is 12.8 Å². The van der Waals surface area contributed by atoms with E-state index in [1.54, 1.807) is 0 Å². The van der Waals surface area contributed by atoms with Gasteiger partial charge >= 0.3 is 0 Å². The van der Waals surface area contributed by atoms with E-state index in [-0.39, 0.29) is 5.41 Å². The first-order chi connectivity index (χ1) is 6.21. The van der Waals surface area contributed by atoms with Crippen LogP contribution in [0.4, 0.5) is 0 Å². The zero-order valence-corrected chi connectivity index (χ0v) is 9.97. The Labute approximate surface area is 86.6 Å². The molecule has 0 spiro atoms. The standard InChI is InChI=1S/C9H20N2O2S/c1-9(2,3)8-4-6-11(7-5-8)14(10,12)13/h8H,4-7H2,1-3H3,(H2,10,12,13). The largest absolute Gasteiger partial charge is 0.276 e. The molecule has 5 heteroatoms. The predicted molar refractivity (Wildman–Crippen MR) is 56.9 cm³/mol. The van der Waals surface area contributed by atoms with Gasteiger partial charge in [-0.3, -0.25) is 0 Å². The van der Waals surface area contributed by atoms with Crippen LogP contribution in [0.15, 0.2) is 0 Å². The highest BCUT2D eigenvalue weighted by Gasteiger charge is 2.31. The molecule has 1 rings (SSSR count). The molecule has 0 bridgehead atoms. The van der Waals surface area contributed by atoms with Crippen molar-refractivity contribution in [3.8, 4) is 0 Å². The van der Waals surface area contributed by atoms with Crippen LogP contribution in [0.3, 0.4) is 0 Å². The van der Waals surface area contributed by atoms with E-state index in [2.05, 4.69) is 20.8 Å². The minimum atomic E-state index is -3.46. The van der Waals surface area contributed by atoms with Gasteiger partial charge in [-0.05, 0) is 24.2 Å². The summed E-state index contributed by atoms with van der Waals surface area (Å²) in [5.74, 6) is 0.598. The van der Waals surface area contributed by atoms with E-state index in [9.17, 15) is 8.42 Å². The Morgan fingerprint density at radius 2 is 1.64 bits per heavy atom. The Morgan fingerprint density at radius 1 is 1.21 bits per heavy atom. The van der Waals surface area contributed by atoms with Crippen LogP contribution in [0.2, 0.25) is 0 Å². The van der Waals surface area contributed by atoms with Crippen molar-refractivity contribution in [2.75, 3.05) is 13.1 Å². The van der Waals surface area contributed by atoms with Gasteiger partial charge in [-0.1, -0.05) is 20.8 Å². The number of piperidine rings is 1. The maximum absolute atomic E-state index is 11.0. The predicted octanol–water partition coefficient (Wildman–Crippen LogP) is 0.948. The summed E-state index contributed by atoms with van der Waals surface area (Å²) in [5, 5.41) is 5.06. The van der Waals surface area contributed by atoms with Crippen LogP contribution in [0, 0.1) is 11.3 Å². The van der Waals surface area contributed by atoms with E-state index in [4.69, 9.17) is 5.14 Å². The van der Waals surface area contributed by atoms with Crippen LogP contribution in [-0.4, -0.2) is 25.8 Å². The van der Waals surface area contributed by atoms with Crippen LogP contribution >= 0.6 is 0 Å². The Balaban J connectivity index is 2.56. The maximum Gasteiger partial charge on any atom is 0.276 e. The molecule has 1 heterocycles. The fraction of sp³-hybridized carbons (Fsp3) is 1.00. The Hall–Kier alpha value is -0.130. The van der Waals surface area contributed by atoms with Crippen molar-refractivity contribution in [2.24, 2.45) is 16.5 Å². The van der Waals surface area contributed by atoms with Gasteiger partial charge in [0.15, 0.2) is 0 Å². The van der Waals surface area contributed by atoms with E-state index < -0.39 is 10.2 Å². The SMILES string of the molecule is CC(C)(C)C1CCN(S(N)(=O)=O)CC1. The smallest absolute Gasteiger partial charge is 0.216 e. The van der Waals surface area contributed by atoms with Crippen LogP contribution < -0.4 is 5.14 Å². The summed E-state index contributed by atoms with van der Waals surface area (Å²) in [6.45, 7) is 7.74. The lowest BCUT2D eigenvalue weighted by Gasteiger charge is -2.37. The fourth-order valence-corrected chi connectivity index (χ4v) is 2.70. The number of rotatable bonds is 1. The Bertz CT molecular complexity index is 284. The van der Waals surface area contributed by atoms with Crippen molar-refractivity contribution in [1.29, 1.82) is 0 Å². The number of nitrogens with two attached hydrogens (primary N) is 1. The lowest BCUT2D eigenvalue weighted by molar-refractivity contribution is 0.154. The molecule has 0 saturated carbocycles. The molecule has 1 saturated heterocycles. The molecule has 0 aromatic carbocycles. The molecule has 0 aromatic heterocycles. The quantitative estimate of drug-likeness (QED) is 0.715. The monoisotopic (exact) mass is 220 g/mol. The highest BCUT2D eigenvalue weighted by Crippen LogP contribution is 2.34. The third-order valence-corrected chi connectivity index (χ3v) is 4.12. The van der Waals surface area contributed by atoms with Gasteiger partial charge in [0.25, 0.3) is 10.2 Å². The molecular weight excluding hydrogens is 200 g/mol. The van der Waals surface area contributed by atoms with Gasteiger partial charge in [0.1, 0.15) is 0 Å². The zero-order valence-electron chi connectivity index (χ0n) is 9.16. The summed E-state index contributed by atoms with van der Waals surface area (Å²) in [4.78, 5) is 0. The van der Waals surface area contributed by atoms with E-state index in [0.29, 0.717) is 19.0 Å². The fourth-order valence-electron chi connectivity index (χ4n) is 1.98. The molecule has 1 aliphatic rings. The summed E-state index contributed by atoms with van der Waals surface area (Å²) < 4.78 is 23.5. The number of hydrogen-bond donors (Lipinski definition) is 1. The van der Waals surface area contributed by atoms with Crippen molar-refractivity contribution in [1.82, 2.24) is 4.31 Å². The van der Waals surface area contributed by atoms with Gasteiger partial charge in [0, 0.05) is 13.1 Å². The summed E-state index contributed by atoms with van der Waals surface area (Å²) in [7, 11) is -3.46. The summed E-state index contributed by atoms with van der Waals surface area (Å²) in [6.07, 6.45) is 1.83. The molecule has 14 heavy (non-hydrogen) atoms. The third kappa shape index (κ3) is 2.93. The van der Waals surface area contributed by atoms with Crippen molar-refractivity contribution in [3.63, 3.8) is 0 Å². The van der Waals surface area contributed by atoms with Gasteiger partial charge in [-0.2, -0.15) is 12.7 Å². The summed E-state index contributed by atoms with van der Waals surface area (Å²) in [5.41, 5.74) is 0.268. The lowest BCUT2D eigenvalue weighted by Crippen LogP contribution is -2.44. The topological polar surface area (TPSA) is 63.4 Å². The van der Waals surface area contributed by atoms with Crippen LogP contribution in [-0.2, 0) is 10.2 Å². The first-order valence-electron chi connectivity index (χ1n) is 4.99. The van der Waals surface area contributed by atoms with Gasteiger partial charge < -0.3 is 0 Å². The van der Waals surface area contributed by atoms with E-state index >= 15 is 0 Å². The van der Waals surface area contributed by atoms with Gasteiger partial charge in [-0.25, -0.2) is 5.14 Å². The minimum absolute atomic E-state index is 0.268. The molecule has 0 atom stereocenters. The minimum Gasteiger partial charge on any atom is -0.216 e. The zero-order chi connectivity index (χ0) is 11.0. The van der Waals surface area contributed by atoms with Gasteiger partial charge in [0.2, 0.25) is 0 Å². The first-order valence-corrected chi connectivity index (χ1v) is 6.49. The van der Waals surface area contributed by atoms with Gasteiger partial charge in [-0.15, -0.1) is 0 Å². The van der Waals surface area contributed by atoms with Crippen LogP contribution in [0.1, 0.15) is 33.6 Å². The second-order valence-electron chi connectivity index (χ2n) is 5.08. The second-order valence-corrected chi connectivity index (χ2v) is 6.63. The van der Waals surface area contributed by atoms with Crippen molar-refractivity contribution >= 4 is 10.2 Å². The summed E-state index contributed by atoms with van der Waals surface area (Å²) in [6, 6.07) is 0. The molecular formula is C9H20N2O2S. The average molecular weight is 220 g/mol. The molecule has 1 aliphatic heterocycles. The van der Waals surface area contributed by atoms with E-state index in [1.807, 2.05) is 0 Å². The molecule has 4 nitrogen and oxygen atoms in total. The normalized spacial score (nSPS) is 22.6. The molecule has 0 aliphatic carbocycles. The highest BCUT2D eigenvalue weighted by atomic mass is 32.2. The van der Waals surface area contributed by atoms with Crippen molar-refractivity contribution in [3.05, 3.63) is 0 Å². The van der Waals surface area contributed by atoms with E-state index in [1.165, 1.54) is 4.31 Å². The first kappa shape index (κ1) is 11.9. The lowest BCUT2D eigenvalue weighted by atomic mass is 9.76. The molecule has 84 valence electrons. The second kappa shape index (κ2) is 3.79. The van der Waals surface area contributed by atoms with Crippen molar-refractivity contribution < 1.29 is 8.42 Å². The van der Waals surface area contributed by atoms with Crippen LogP contribution in [0.5, 0.6) is 0 Å². The van der Waals surface area contributed by atoms with Crippen LogP contribution in [0.25, 0.3) is 0 Å². The number of hydrogen-bond acceptors (Lipinski definition) is 2. The molecule has 0 amide bonds. The molecule has 0 unspecified atom stereocenters. The molecule has 0 radical (unpaired) electrons. The molecule has 2 N–H and O–H groups in total. The summed E-state index contributed by atoms with van der Waals surface area (Å²) >= 11 is 0. The van der Waals surface area contributed by atoms with Gasteiger partial charge in [0.05, 0.1) is 0 Å². The highest BCUT2D eigenvalue weighted by molar-refractivity contribution is 7.86. The maximum atomic E-state index is 11.0. The third-order valence-electron chi connectivity index (χ3n) is 3.04. The van der Waals surface area contributed by atoms with Crippen molar-refractivity contribution in [2.45, 2.75) is 33.6 Å². The molecule has 0 aromatic rings. The average Bonchev–Trinajstić information content (AvgIpc) is 2.01.